The maximum atomic E-state index is 6.65. The summed E-state index contributed by atoms with van der Waals surface area (Å²) in [6, 6.07) is 1.32. The van der Waals surface area contributed by atoms with Crippen LogP contribution in [0.3, 0.4) is 0 Å². The first-order valence-corrected chi connectivity index (χ1v) is 10.4. The van der Waals surface area contributed by atoms with E-state index in [1.165, 1.54) is 71.1 Å². The minimum Gasteiger partial charge on any atom is -0.370 e. The summed E-state index contributed by atoms with van der Waals surface area (Å²) in [4.78, 5) is 5.32. The van der Waals surface area contributed by atoms with Crippen molar-refractivity contribution in [2.24, 2.45) is 0 Å². The van der Waals surface area contributed by atoms with Gasteiger partial charge in [0.2, 0.25) is 0 Å². The maximum Gasteiger partial charge on any atom is 0.0825 e. The molecule has 0 aromatic rings. The Bertz CT molecular complexity index is 448. The molecular formula is C20H37N3O. The van der Waals surface area contributed by atoms with Crippen LogP contribution in [0.4, 0.5) is 0 Å². The van der Waals surface area contributed by atoms with Gasteiger partial charge in [-0.05, 0) is 72.3 Å². The second-order valence-corrected chi connectivity index (χ2v) is 9.39. The van der Waals surface area contributed by atoms with Crippen molar-refractivity contribution in [1.29, 1.82) is 0 Å². The van der Waals surface area contributed by atoms with Gasteiger partial charge in [0.25, 0.3) is 0 Å². The third kappa shape index (κ3) is 3.27. The molecule has 1 N–H and O–H groups in total. The van der Waals surface area contributed by atoms with Crippen LogP contribution in [-0.2, 0) is 4.74 Å². The predicted molar refractivity (Wildman–Crippen MR) is 98.4 cm³/mol. The van der Waals surface area contributed by atoms with E-state index < -0.39 is 0 Å². The molecule has 4 aliphatic heterocycles. The van der Waals surface area contributed by atoms with Gasteiger partial charge in [0.15, 0.2) is 0 Å². The summed E-state index contributed by atoms with van der Waals surface area (Å²) < 4.78 is 6.65. The van der Waals surface area contributed by atoms with Gasteiger partial charge < -0.3 is 10.1 Å². The number of hydrogen-bond donors (Lipinski definition) is 1. The molecule has 0 aliphatic carbocycles. The molecule has 4 heteroatoms. The minimum absolute atomic E-state index is 0.188. The molecule has 4 saturated heterocycles. The Hall–Kier alpha value is -0.160. The monoisotopic (exact) mass is 335 g/mol. The SMILES string of the molecule is CC(C)N1CCC2(CCC(CC(C)N3CCC4(CCCN4)C3)O2)C1. The van der Waals surface area contributed by atoms with Gasteiger partial charge in [-0.2, -0.15) is 0 Å². The van der Waals surface area contributed by atoms with Gasteiger partial charge in [-0.25, -0.2) is 0 Å². The molecule has 0 saturated carbocycles. The molecule has 4 fully saturated rings. The first-order chi connectivity index (χ1) is 11.5. The summed E-state index contributed by atoms with van der Waals surface area (Å²) >= 11 is 0. The number of rotatable bonds is 4. The summed E-state index contributed by atoms with van der Waals surface area (Å²) in [5.74, 6) is 0. The third-order valence-electron chi connectivity index (χ3n) is 7.36. The maximum absolute atomic E-state index is 6.65. The van der Waals surface area contributed by atoms with Crippen molar-refractivity contribution in [2.45, 2.75) is 95.0 Å². The molecule has 0 aromatic carbocycles. The van der Waals surface area contributed by atoms with E-state index in [9.17, 15) is 0 Å². The second kappa shape index (κ2) is 6.53. The van der Waals surface area contributed by atoms with Crippen molar-refractivity contribution in [3.05, 3.63) is 0 Å². The molecule has 0 bridgehead atoms. The molecule has 4 heterocycles. The predicted octanol–water partition coefficient (Wildman–Crippen LogP) is 2.62. The normalized spacial score (nSPS) is 42.2. The van der Waals surface area contributed by atoms with E-state index in [1.807, 2.05) is 0 Å². The zero-order valence-electron chi connectivity index (χ0n) is 16.0. The topological polar surface area (TPSA) is 27.7 Å². The molecule has 4 atom stereocenters. The van der Waals surface area contributed by atoms with Crippen LogP contribution in [0.2, 0.25) is 0 Å². The lowest BCUT2D eigenvalue weighted by atomic mass is 9.97. The number of hydrogen-bond acceptors (Lipinski definition) is 4. The minimum atomic E-state index is 0.188. The zero-order chi connectivity index (χ0) is 16.8. The quantitative estimate of drug-likeness (QED) is 0.855. The lowest BCUT2D eigenvalue weighted by molar-refractivity contribution is -0.0446. The first kappa shape index (κ1) is 17.3. The van der Waals surface area contributed by atoms with Crippen LogP contribution in [0.25, 0.3) is 0 Å². The Morgan fingerprint density at radius 2 is 1.88 bits per heavy atom. The third-order valence-corrected chi connectivity index (χ3v) is 7.36. The van der Waals surface area contributed by atoms with Gasteiger partial charge in [-0.3, -0.25) is 9.80 Å². The van der Waals surface area contributed by atoms with Crippen molar-refractivity contribution >= 4 is 0 Å². The van der Waals surface area contributed by atoms with Crippen LogP contribution < -0.4 is 5.32 Å². The standard InChI is InChI=1S/C20H37N3O/c1-16(2)22-12-9-20(15-22)7-5-18(24-20)13-17(3)23-11-8-19(14-23)6-4-10-21-19/h16-18,21H,4-15H2,1-3H3. The van der Waals surface area contributed by atoms with E-state index in [-0.39, 0.29) is 5.60 Å². The average molecular weight is 336 g/mol. The highest BCUT2D eigenvalue weighted by molar-refractivity contribution is 5.02. The van der Waals surface area contributed by atoms with Crippen molar-refractivity contribution in [1.82, 2.24) is 15.1 Å². The highest BCUT2D eigenvalue weighted by atomic mass is 16.5. The molecule has 0 amide bonds. The van der Waals surface area contributed by atoms with Crippen molar-refractivity contribution in [2.75, 3.05) is 32.7 Å². The molecule has 24 heavy (non-hydrogen) atoms. The molecule has 4 nitrogen and oxygen atoms in total. The Morgan fingerprint density at radius 3 is 2.58 bits per heavy atom. The number of ether oxygens (including phenoxy) is 1. The number of likely N-dealkylation sites (tertiary alicyclic amines) is 2. The molecule has 0 aromatic heterocycles. The summed E-state index contributed by atoms with van der Waals surface area (Å²) in [5, 5.41) is 3.79. The van der Waals surface area contributed by atoms with Crippen LogP contribution in [0.15, 0.2) is 0 Å². The van der Waals surface area contributed by atoms with Gasteiger partial charge >= 0.3 is 0 Å². The van der Waals surface area contributed by atoms with E-state index in [0.29, 0.717) is 23.7 Å². The smallest absolute Gasteiger partial charge is 0.0825 e. The summed E-state index contributed by atoms with van der Waals surface area (Å²) in [7, 11) is 0. The Balaban J connectivity index is 1.28. The number of nitrogens with zero attached hydrogens (tertiary/aromatic N) is 2. The number of nitrogens with one attached hydrogen (secondary N) is 1. The van der Waals surface area contributed by atoms with Crippen LogP contribution in [0, 0.1) is 0 Å². The van der Waals surface area contributed by atoms with Gasteiger partial charge in [0.1, 0.15) is 0 Å². The summed E-state index contributed by atoms with van der Waals surface area (Å²) in [6.07, 6.45) is 9.59. The molecular weight excluding hydrogens is 298 g/mol. The van der Waals surface area contributed by atoms with E-state index in [0.717, 1.165) is 6.54 Å². The molecule has 138 valence electrons. The van der Waals surface area contributed by atoms with Crippen molar-refractivity contribution < 1.29 is 4.74 Å². The average Bonchev–Trinajstić information content (AvgIpc) is 3.31. The van der Waals surface area contributed by atoms with Gasteiger partial charge in [-0.15, -0.1) is 0 Å². The molecule has 2 spiro atoms. The highest BCUT2D eigenvalue weighted by Gasteiger charge is 2.47. The van der Waals surface area contributed by atoms with E-state index in [1.54, 1.807) is 0 Å². The van der Waals surface area contributed by atoms with Crippen LogP contribution in [0.5, 0.6) is 0 Å². The molecule has 4 unspecified atom stereocenters. The van der Waals surface area contributed by atoms with Crippen molar-refractivity contribution in [3.63, 3.8) is 0 Å². The molecule has 4 aliphatic rings. The fraction of sp³-hybridized carbons (Fsp3) is 1.00. The zero-order valence-corrected chi connectivity index (χ0v) is 16.0. The van der Waals surface area contributed by atoms with E-state index in [4.69, 9.17) is 4.74 Å². The Morgan fingerprint density at radius 1 is 1.04 bits per heavy atom. The lowest BCUT2D eigenvalue weighted by Gasteiger charge is -2.31. The largest absolute Gasteiger partial charge is 0.370 e. The van der Waals surface area contributed by atoms with Crippen molar-refractivity contribution in [3.8, 4) is 0 Å². The van der Waals surface area contributed by atoms with Gasteiger partial charge in [0, 0.05) is 43.8 Å². The van der Waals surface area contributed by atoms with Crippen LogP contribution >= 0.6 is 0 Å². The van der Waals surface area contributed by atoms with E-state index >= 15 is 0 Å². The molecule has 4 rings (SSSR count). The van der Waals surface area contributed by atoms with Crippen LogP contribution in [0.1, 0.15) is 65.7 Å². The van der Waals surface area contributed by atoms with Gasteiger partial charge in [-0.1, -0.05) is 0 Å². The fourth-order valence-electron chi connectivity index (χ4n) is 5.71. The summed E-state index contributed by atoms with van der Waals surface area (Å²) in [6.45, 7) is 13.2. The first-order valence-electron chi connectivity index (χ1n) is 10.4. The molecule has 0 radical (unpaired) electrons. The fourth-order valence-corrected chi connectivity index (χ4v) is 5.71. The van der Waals surface area contributed by atoms with Gasteiger partial charge in [0.05, 0.1) is 11.7 Å². The van der Waals surface area contributed by atoms with Crippen LogP contribution in [-0.4, -0.2) is 71.9 Å². The second-order valence-electron chi connectivity index (χ2n) is 9.39. The van der Waals surface area contributed by atoms with E-state index in [2.05, 4.69) is 35.9 Å². The Labute approximate surface area is 148 Å². The highest BCUT2D eigenvalue weighted by Crippen LogP contribution is 2.40. The summed E-state index contributed by atoms with van der Waals surface area (Å²) in [5.41, 5.74) is 0.642. The lowest BCUT2D eigenvalue weighted by Crippen LogP contribution is -2.44. The Kier molecular flexibility index (Phi) is 4.70.